The Kier molecular flexibility index (Phi) is 1.16. The van der Waals surface area contributed by atoms with Gasteiger partial charge in [-0.05, 0) is 10.8 Å². The SMILES string of the molecule is NS(N)(N)N. The molecule has 5 heavy (non-hydrogen) atoms. The van der Waals surface area contributed by atoms with E-state index < -0.39 is 10.8 Å². The average molecular weight is 96.2 g/mol. The van der Waals surface area contributed by atoms with E-state index >= 15 is 0 Å². The third-order valence-corrected chi connectivity index (χ3v) is 0. The van der Waals surface area contributed by atoms with Crippen molar-refractivity contribution < 1.29 is 0 Å². The number of nitrogens with two attached hydrogens (primary N) is 4. The third kappa shape index (κ3) is 557. The first-order chi connectivity index (χ1) is 2.00. The molecule has 0 aliphatic heterocycles. The largest absolute Gasteiger partial charge is 0.261 e. The molecular weight excluding hydrogens is 88.1 g/mol. The van der Waals surface area contributed by atoms with Crippen molar-refractivity contribution in [2.45, 2.75) is 0 Å². The fourth-order valence-electron chi connectivity index (χ4n) is 0. The Hall–Kier alpha value is 0.190. The second-order valence-corrected chi connectivity index (χ2v) is 2.45. The van der Waals surface area contributed by atoms with Crippen molar-refractivity contribution in [3.8, 4) is 0 Å². The van der Waals surface area contributed by atoms with Crippen LogP contribution in [0.5, 0.6) is 0 Å². The van der Waals surface area contributed by atoms with Crippen LogP contribution in [0.1, 0.15) is 0 Å². The minimum absolute atomic E-state index is 2.17. The highest BCUT2D eigenvalue weighted by Crippen LogP contribution is 1.98. The highest BCUT2D eigenvalue weighted by molar-refractivity contribution is 8.26. The van der Waals surface area contributed by atoms with Crippen molar-refractivity contribution in [1.82, 2.24) is 0 Å². The molecule has 0 aromatic rings. The van der Waals surface area contributed by atoms with Gasteiger partial charge < -0.3 is 0 Å². The first-order valence-corrected chi connectivity index (χ1v) is 2.83. The summed E-state index contributed by atoms with van der Waals surface area (Å²) in [6.07, 6.45) is 0. The first kappa shape index (κ1) is 5.19. The quantitative estimate of drug-likeness (QED) is 0.288. The van der Waals surface area contributed by atoms with Crippen molar-refractivity contribution in [3.05, 3.63) is 0 Å². The molecule has 0 aromatic heterocycles. The molecule has 0 radical (unpaired) electrons. The van der Waals surface area contributed by atoms with E-state index in [1.807, 2.05) is 0 Å². The Labute approximate surface area is 32.3 Å². The zero-order valence-corrected chi connectivity index (χ0v) is 3.53. The topological polar surface area (TPSA) is 104 Å². The predicted molar refractivity (Wildman–Crippen MR) is 24.3 cm³/mol. The summed E-state index contributed by atoms with van der Waals surface area (Å²) < 4.78 is 0. The van der Waals surface area contributed by atoms with E-state index in [9.17, 15) is 0 Å². The summed E-state index contributed by atoms with van der Waals surface area (Å²) in [7, 11) is -2.17. The molecule has 0 aliphatic carbocycles. The van der Waals surface area contributed by atoms with Crippen LogP contribution in [0.4, 0.5) is 0 Å². The molecule has 5 heteroatoms. The lowest BCUT2D eigenvalue weighted by Gasteiger charge is -2.15. The second kappa shape index (κ2) is 1.11. The molecule has 4 nitrogen and oxygen atoms in total. The summed E-state index contributed by atoms with van der Waals surface area (Å²) in [6.45, 7) is 0. The van der Waals surface area contributed by atoms with Crippen molar-refractivity contribution in [2.24, 2.45) is 20.6 Å². The lowest BCUT2D eigenvalue weighted by molar-refractivity contribution is 1.60. The maximum atomic E-state index is 4.77. The molecule has 0 aromatic carbocycles. The molecule has 8 N–H and O–H groups in total. The summed E-state index contributed by atoms with van der Waals surface area (Å²) in [5.41, 5.74) is 0. The van der Waals surface area contributed by atoms with Gasteiger partial charge in [-0.15, -0.1) is 0 Å². The Morgan fingerprint density at radius 2 is 0.800 bits per heavy atom. The normalized spacial score (nSPS) is 15.2. The van der Waals surface area contributed by atoms with E-state index in [-0.39, 0.29) is 0 Å². The maximum Gasteiger partial charge on any atom is -0.0273 e. The number of hydrogen-bond acceptors (Lipinski definition) is 4. The van der Waals surface area contributed by atoms with Crippen LogP contribution in [0, 0.1) is 0 Å². The summed E-state index contributed by atoms with van der Waals surface area (Å²) in [6, 6.07) is 0. The third-order valence-electron chi connectivity index (χ3n) is 0. The van der Waals surface area contributed by atoms with Crippen LogP contribution in [0.2, 0.25) is 0 Å². The number of rotatable bonds is 0. The van der Waals surface area contributed by atoms with Crippen LogP contribution in [-0.2, 0) is 0 Å². The minimum Gasteiger partial charge on any atom is -0.261 e. The van der Waals surface area contributed by atoms with E-state index in [1.165, 1.54) is 0 Å². The lowest BCUT2D eigenvalue weighted by atomic mass is 13.8. The van der Waals surface area contributed by atoms with Gasteiger partial charge in [-0.1, -0.05) is 0 Å². The predicted octanol–water partition coefficient (Wildman–Crippen LogP) is -1.71. The molecule has 0 atom stereocenters. The van der Waals surface area contributed by atoms with E-state index in [1.54, 1.807) is 0 Å². The minimum atomic E-state index is -2.17. The lowest BCUT2D eigenvalue weighted by Crippen LogP contribution is -2.35. The zero-order valence-electron chi connectivity index (χ0n) is 2.72. The van der Waals surface area contributed by atoms with Crippen molar-refractivity contribution in [2.75, 3.05) is 0 Å². The second-order valence-electron chi connectivity index (χ2n) is 0.816. The van der Waals surface area contributed by atoms with Gasteiger partial charge in [0, 0.05) is 0 Å². The van der Waals surface area contributed by atoms with Crippen LogP contribution in [0.25, 0.3) is 0 Å². The van der Waals surface area contributed by atoms with Gasteiger partial charge in [-0.25, -0.2) is 0 Å². The molecule has 34 valence electrons. The molecule has 0 bridgehead atoms. The molecule has 0 unspecified atom stereocenters. The van der Waals surface area contributed by atoms with E-state index in [0.717, 1.165) is 0 Å². The van der Waals surface area contributed by atoms with Gasteiger partial charge in [0.25, 0.3) is 0 Å². The number of hydrogen-bond donors (Lipinski definition) is 4. The van der Waals surface area contributed by atoms with Gasteiger partial charge in [-0.2, -0.15) is 0 Å². The van der Waals surface area contributed by atoms with Crippen LogP contribution in [0.3, 0.4) is 0 Å². The Morgan fingerprint density at radius 1 is 0.800 bits per heavy atom. The standard InChI is InChI=1S/H8N4S/c1-5(2,3)4/h1-4H2. The van der Waals surface area contributed by atoms with Crippen LogP contribution < -0.4 is 20.6 Å². The molecule has 0 aliphatic rings. The highest BCUT2D eigenvalue weighted by atomic mass is 32.3. The van der Waals surface area contributed by atoms with E-state index in [4.69, 9.17) is 20.6 Å². The fraction of sp³-hybridized carbons (Fsp3) is 0. The Morgan fingerprint density at radius 3 is 0.800 bits per heavy atom. The van der Waals surface area contributed by atoms with E-state index in [2.05, 4.69) is 0 Å². The molecule has 0 saturated carbocycles. The van der Waals surface area contributed by atoms with Crippen molar-refractivity contribution >= 4 is 10.8 Å². The molecule has 0 spiro atoms. The Balaban J connectivity index is 3.02. The summed E-state index contributed by atoms with van der Waals surface area (Å²) in [5, 5.41) is 19.1. The van der Waals surface area contributed by atoms with Crippen LogP contribution in [0.15, 0.2) is 0 Å². The van der Waals surface area contributed by atoms with Crippen molar-refractivity contribution in [3.63, 3.8) is 0 Å². The van der Waals surface area contributed by atoms with Gasteiger partial charge in [0.15, 0.2) is 0 Å². The molecule has 0 fully saturated rings. The maximum absolute atomic E-state index is 4.77. The van der Waals surface area contributed by atoms with Crippen molar-refractivity contribution in [1.29, 1.82) is 0 Å². The van der Waals surface area contributed by atoms with Gasteiger partial charge >= 0.3 is 0 Å². The van der Waals surface area contributed by atoms with Gasteiger partial charge in [0.1, 0.15) is 0 Å². The van der Waals surface area contributed by atoms with Gasteiger partial charge in [0.05, 0.1) is 0 Å². The molecule has 0 heterocycles. The van der Waals surface area contributed by atoms with Crippen LogP contribution in [-0.4, -0.2) is 0 Å². The van der Waals surface area contributed by atoms with Gasteiger partial charge in [-0.3, -0.25) is 20.6 Å². The fourth-order valence-corrected chi connectivity index (χ4v) is 0. The van der Waals surface area contributed by atoms with E-state index in [0.29, 0.717) is 0 Å². The van der Waals surface area contributed by atoms with Crippen LogP contribution >= 0.6 is 10.8 Å². The molecular formula is H8N4S. The summed E-state index contributed by atoms with van der Waals surface area (Å²) >= 11 is 0. The molecule has 0 rings (SSSR count). The monoisotopic (exact) mass is 96.0 g/mol. The Bertz CT molecular complexity index is 19.1. The molecule has 0 saturated heterocycles. The zero-order chi connectivity index (χ0) is 4.50. The van der Waals surface area contributed by atoms with Gasteiger partial charge in [0.2, 0.25) is 0 Å². The first-order valence-electron chi connectivity index (χ1n) is 0.943. The summed E-state index contributed by atoms with van der Waals surface area (Å²) in [4.78, 5) is 0. The molecule has 0 amide bonds. The summed E-state index contributed by atoms with van der Waals surface area (Å²) in [5.74, 6) is 0. The average Bonchev–Trinajstić information content (AvgIpc) is 0.722. The highest BCUT2D eigenvalue weighted by Gasteiger charge is 1.86. The smallest absolute Gasteiger partial charge is 0.0273 e.